The van der Waals surface area contributed by atoms with Gasteiger partial charge in [-0.05, 0) is 25.3 Å². The fourth-order valence-electron chi connectivity index (χ4n) is 2.82. The Morgan fingerprint density at radius 2 is 1.82 bits per heavy atom. The highest BCUT2D eigenvalue weighted by Gasteiger charge is 2.37. The van der Waals surface area contributed by atoms with E-state index in [1.165, 1.54) is 6.92 Å². The van der Waals surface area contributed by atoms with Gasteiger partial charge in [0.1, 0.15) is 5.78 Å². The molecule has 1 aromatic rings. The van der Waals surface area contributed by atoms with Gasteiger partial charge in [-0.3, -0.25) is 9.59 Å². The predicted octanol–water partition coefficient (Wildman–Crippen LogP) is 3.65. The van der Waals surface area contributed by atoms with Gasteiger partial charge in [-0.2, -0.15) is 0 Å². The second kappa shape index (κ2) is 6.99. The molecule has 0 radical (unpaired) electrons. The van der Waals surface area contributed by atoms with Crippen molar-refractivity contribution in [3.05, 3.63) is 35.9 Å². The predicted molar refractivity (Wildman–Crippen MR) is 79.5 cm³/mol. The summed E-state index contributed by atoms with van der Waals surface area (Å²) < 4.78 is 26.3. The Hall–Kier alpha value is -1.78. The number of halogens is 2. The third kappa shape index (κ3) is 4.61. The zero-order chi connectivity index (χ0) is 16.2. The minimum absolute atomic E-state index is 0.0238. The van der Waals surface area contributed by atoms with Crippen molar-refractivity contribution in [1.29, 1.82) is 0 Å². The first kappa shape index (κ1) is 16.6. The Morgan fingerprint density at radius 1 is 1.23 bits per heavy atom. The number of rotatable bonds is 5. The minimum atomic E-state index is -2.64. The Kier molecular flexibility index (Phi) is 5.27. The van der Waals surface area contributed by atoms with Crippen molar-refractivity contribution >= 4 is 11.7 Å². The first-order valence-electron chi connectivity index (χ1n) is 7.60. The topological polar surface area (TPSA) is 46.2 Å². The Morgan fingerprint density at radius 3 is 2.36 bits per heavy atom. The van der Waals surface area contributed by atoms with Crippen LogP contribution in [-0.2, 0) is 9.59 Å². The van der Waals surface area contributed by atoms with Crippen LogP contribution in [0.1, 0.15) is 50.6 Å². The highest BCUT2D eigenvalue weighted by Crippen LogP contribution is 2.36. The largest absolute Gasteiger partial charge is 0.349 e. The molecule has 0 spiro atoms. The molecule has 1 atom stereocenters. The molecule has 1 amide bonds. The first-order valence-corrected chi connectivity index (χ1v) is 7.60. The Labute approximate surface area is 129 Å². The number of benzene rings is 1. The average Bonchev–Trinajstić information content (AvgIpc) is 2.47. The van der Waals surface area contributed by atoms with Crippen LogP contribution >= 0.6 is 0 Å². The van der Waals surface area contributed by atoms with Crippen molar-refractivity contribution in [2.24, 2.45) is 5.92 Å². The molecule has 3 nitrogen and oxygen atoms in total. The second-order valence-corrected chi connectivity index (χ2v) is 6.01. The molecular formula is C17H21F2NO2. The molecule has 0 saturated heterocycles. The van der Waals surface area contributed by atoms with Gasteiger partial charge in [0, 0.05) is 25.2 Å². The quantitative estimate of drug-likeness (QED) is 0.902. The fourth-order valence-corrected chi connectivity index (χ4v) is 2.82. The lowest BCUT2D eigenvalue weighted by atomic mass is 9.86. The number of nitrogens with one attached hydrogen (secondary N) is 1. The van der Waals surface area contributed by atoms with Gasteiger partial charge in [0.05, 0.1) is 6.04 Å². The third-order valence-corrected chi connectivity index (χ3v) is 4.10. The SMILES string of the molecule is CC(=O)C[C@H](NC(=O)C1CCC(F)(F)CC1)c1ccccc1. The van der Waals surface area contributed by atoms with E-state index in [1.54, 1.807) is 0 Å². The van der Waals surface area contributed by atoms with Gasteiger partial charge in [0.25, 0.3) is 0 Å². The van der Waals surface area contributed by atoms with Gasteiger partial charge < -0.3 is 5.32 Å². The number of Topliss-reactive ketones (excluding diaryl/α,β-unsaturated/α-hetero) is 1. The molecule has 0 unspecified atom stereocenters. The third-order valence-electron chi connectivity index (χ3n) is 4.10. The van der Waals surface area contributed by atoms with E-state index in [2.05, 4.69) is 5.32 Å². The highest BCUT2D eigenvalue weighted by atomic mass is 19.3. The molecule has 1 fully saturated rings. The minimum Gasteiger partial charge on any atom is -0.349 e. The van der Waals surface area contributed by atoms with Crippen molar-refractivity contribution < 1.29 is 18.4 Å². The molecule has 0 aliphatic heterocycles. The molecule has 22 heavy (non-hydrogen) atoms. The Balaban J connectivity index is 2.01. The normalized spacial score (nSPS) is 19.4. The highest BCUT2D eigenvalue weighted by molar-refractivity contribution is 5.81. The molecule has 5 heteroatoms. The van der Waals surface area contributed by atoms with Crippen molar-refractivity contribution in [2.75, 3.05) is 0 Å². The van der Waals surface area contributed by atoms with Crippen LogP contribution in [0.4, 0.5) is 8.78 Å². The number of ketones is 1. The maximum atomic E-state index is 13.2. The maximum absolute atomic E-state index is 13.2. The fraction of sp³-hybridized carbons (Fsp3) is 0.529. The molecular weight excluding hydrogens is 288 g/mol. The van der Waals surface area contributed by atoms with Crippen LogP contribution in [-0.4, -0.2) is 17.6 Å². The van der Waals surface area contributed by atoms with E-state index >= 15 is 0 Å². The molecule has 1 N–H and O–H groups in total. The van der Waals surface area contributed by atoms with E-state index in [0.717, 1.165) is 5.56 Å². The molecule has 1 aliphatic carbocycles. The number of carbonyl (C=O) groups excluding carboxylic acids is 2. The van der Waals surface area contributed by atoms with Crippen LogP contribution in [0.5, 0.6) is 0 Å². The maximum Gasteiger partial charge on any atom is 0.248 e. The van der Waals surface area contributed by atoms with E-state index in [4.69, 9.17) is 0 Å². The van der Waals surface area contributed by atoms with E-state index in [0.29, 0.717) is 0 Å². The van der Waals surface area contributed by atoms with Gasteiger partial charge >= 0.3 is 0 Å². The summed E-state index contributed by atoms with van der Waals surface area (Å²) in [5.41, 5.74) is 0.854. The van der Waals surface area contributed by atoms with Crippen molar-refractivity contribution in [2.45, 2.75) is 51.0 Å². The molecule has 2 rings (SSSR count). The van der Waals surface area contributed by atoms with Gasteiger partial charge in [0.2, 0.25) is 11.8 Å². The summed E-state index contributed by atoms with van der Waals surface area (Å²) in [5, 5.41) is 2.86. The summed E-state index contributed by atoms with van der Waals surface area (Å²) in [6.07, 6.45) is 0.112. The zero-order valence-electron chi connectivity index (χ0n) is 12.6. The summed E-state index contributed by atoms with van der Waals surface area (Å²) in [4.78, 5) is 23.7. The van der Waals surface area contributed by atoms with Crippen molar-refractivity contribution in [3.63, 3.8) is 0 Å². The van der Waals surface area contributed by atoms with Crippen LogP contribution in [0.3, 0.4) is 0 Å². The van der Waals surface area contributed by atoms with Gasteiger partial charge in [-0.25, -0.2) is 8.78 Å². The molecule has 1 aromatic carbocycles. The molecule has 0 bridgehead atoms. The smallest absolute Gasteiger partial charge is 0.248 e. The van der Waals surface area contributed by atoms with Gasteiger partial charge in [-0.1, -0.05) is 30.3 Å². The van der Waals surface area contributed by atoms with E-state index in [1.807, 2.05) is 30.3 Å². The first-order chi connectivity index (χ1) is 10.4. The number of amides is 1. The number of alkyl halides is 2. The van der Waals surface area contributed by atoms with E-state index < -0.39 is 17.9 Å². The molecule has 1 aliphatic rings. The van der Waals surface area contributed by atoms with Crippen LogP contribution in [0.15, 0.2) is 30.3 Å². The number of hydrogen-bond acceptors (Lipinski definition) is 2. The standard InChI is InChI=1S/C17H21F2NO2/c1-12(21)11-15(13-5-3-2-4-6-13)20-16(22)14-7-9-17(18,19)10-8-14/h2-6,14-15H,7-11H2,1H3,(H,20,22)/t15-/m0/s1. The van der Waals surface area contributed by atoms with E-state index in [9.17, 15) is 18.4 Å². The van der Waals surface area contributed by atoms with Crippen molar-refractivity contribution in [1.82, 2.24) is 5.32 Å². The lowest BCUT2D eigenvalue weighted by Gasteiger charge is -2.29. The molecule has 0 heterocycles. The van der Waals surface area contributed by atoms with E-state index in [-0.39, 0.29) is 43.8 Å². The molecule has 1 saturated carbocycles. The lowest BCUT2D eigenvalue weighted by molar-refractivity contribution is -0.130. The summed E-state index contributed by atoms with van der Waals surface area (Å²) in [5.74, 6) is -3.29. The summed E-state index contributed by atoms with van der Waals surface area (Å²) in [6, 6.07) is 8.85. The van der Waals surface area contributed by atoms with Crippen LogP contribution < -0.4 is 5.32 Å². The summed E-state index contributed by atoms with van der Waals surface area (Å²) in [6.45, 7) is 1.48. The molecule has 0 aromatic heterocycles. The second-order valence-electron chi connectivity index (χ2n) is 6.01. The average molecular weight is 309 g/mol. The van der Waals surface area contributed by atoms with Gasteiger partial charge in [0.15, 0.2) is 0 Å². The Bertz CT molecular complexity index is 521. The van der Waals surface area contributed by atoms with Crippen LogP contribution in [0.2, 0.25) is 0 Å². The monoisotopic (exact) mass is 309 g/mol. The zero-order valence-corrected chi connectivity index (χ0v) is 12.6. The van der Waals surface area contributed by atoms with Crippen LogP contribution in [0.25, 0.3) is 0 Å². The lowest BCUT2D eigenvalue weighted by Crippen LogP contribution is -2.38. The molecule has 120 valence electrons. The number of hydrogen-bond donors (Lipinski definition) is 1. The summed E-state index contributed by atoms with van der Waals surface area (Å²) in [7, 11) is 0. The van der Waals surface area contributed by atoms with Crippen LogP contribution in [0, 0.1) is 5.92 Å². The van der Waals surface area contributed by atoms with Crippen molar-refractivity contribution in [3.8, 4) is 0 Å². The summed E-state index contributed by atoms with van der Waals surface area (Å²) >= 11 is 0. The number of carbonyl (C=O) groups is 2. The van der Waals surface area contributed by atoms with Gasteiger partial charge in [-0.15, -0.1) is 0 Å².